The highest BCUT2D eigenvalue weighted by Gasteiger charge is 2.28. The SMILES string of the molecule is C#CCNC(=O)C(C)N1CCC(CNC)C1. The van der Waals surface area contributed by atoms with Gasteiger partial charge in [-0.2, -0.15) is 0 Å². The Labute approximate surface area is 97.8 Å². The Morgan fingerprint density at radius 1 is 1.69 bits per heavy atom. The summed E-state index contributed by atoms with van der Waals surface area (Å²) in [6.45, 7) is 5.27. The van der Waals surface area contributed by atoms with Gasteiger partial charge in [0.15, 0.2) is 0 Å². The summed E-state index contributed by atoms with van der Waals surface area (Å²) < 4.78 is 0. The molecule has 0 bridgehead atoms. The molecule has 1 rings (SSSR count). The molecule has 1 heterocycles. The van der Waals surface area contributed by atoms with E-state index in [1.54, 1.807) is 0 Å². The van der Waals surface area contributed by atoms with Gasteiger partial charge in [-0.15, -0.1) is 6.42 Å². The normalized spacial score (nSPS) is 22.7. The number of carbonyl (C=O) groups excluding carboxylic acids is 1. The highest BCUT2D eigenvalue weighted by molar-refractivity contribution is 5.81. The second-order valence-corrected chi connectivity index (χ2v) is 4.31. The number of nitrogens with zero attached hydrogens (tertiary/aromatic N) is 1. The number of terminal acetylenes is 1. The first-order chi connectivity index (χ1) is 7.69. The molecule has 1 amide bonds. The number of nitrogens with one attached hydrogen (secondary N) is 2. The van der Waals surface area contributed by atoms with Gasteiger partial charge in [0.2, 0.25) is 5.91 Å². The van der Waals surface area contributed by atoms with Crippen molar-refractivity contribution in [2.24, 2.45) is 5.92 Å². The molecule has 2 unspecified atom stereocenters. The van der Waals surface area contributed by atoms with Crippen LogP contribution in [0.25, 0.3) is 0 Å². The van der Waals surface area contributed by atoms with E-state index in [-0.39, 0.29) is 11.9 Å². The molecule has 0 aromatic carbocycles. The summed E-state index contributed by atoms with van der Waals surface area (Å²) in [4.78, 5) is 13.9. The Bertz CT molecular complexity index is 272. The minimum absolute atomic E-state index is 0.0306. The molecule has 0 aliphatic carbocycles. The molecule has 0 aromatic heterocycles. The summed E-state index contributed by atoms with van der Waals surface area (Å²) >= 11 is 0. The lowest BCUT2D eigenvalue weighted by Crippen LogP contribution is -2.44. The maximum Gasteiger partial charge on any atom is 0.237 e. The van der Waals surface area contributed by atoms with E-state index < -0.39 is 0 Å². The molecule has 4 nitrogen and oxygen atoms in total. The van der Waals surface area contributed by atoms with Crippen LogP contribution >= 0.6 is 0 Å². The van der Waals surface area contributed by atoms with Crippen molar-refractivity contribution in [1.29, 1.82) is 0 Å². The van der Waals surface area contributed by atoms with Gasteiger partial charge in [0, 0.05) is 6.54 Å². The molecule has 0 spiro atoms. The second-order valence-electron chi connectivity index (χ2n) is 4.31. The van der Waals surface area contributed by atoms with Crippen molar-refractivity contribution < 1.29 is 4.79 Å². The molecule has 90 valence electrons. The Morgan fingerprint density at radius 2 is 2.44 bits per heavy atom. The van der Waals surface area contributed by atoms with E-state index in [9.17, 15) is 4.79 Å². The van der Waals surface area contributed by atoms with Gasteiger partial charge in [0.1, 0.15) is 0 Å². The van der Waals surface area contributed by atoms with Crippen LogP contribution in [0.1, 0.15) is 13.3 Å². The lowest BCUT2D eigenvalue weighted by atomic mass is 10.1. The third-order valence-electron chi connectivity index (χ3n) is 3.10. The first-order valence-electron chi connectivity index (χ1n) is 5.78. The number of rotatable bonds is 5. The molecule has 1 aliphatic heterocycles. The van der Waals surface area contributed by atoms with E-state index in [1.165, 1.54) is 0 Å². The Balaban J connectivity index is 2.35. The average Bonchev–Trinajstić information content (AvgIpc) is 2.74. The third kappa shape index (κ3) is 3.51. The van der Waals surface area contributed by atoms with Gasteiger partial charge < -0.3 is 10.6 Å². The maximum atomic E-state index is 11.7. The summed E-state index contributed by atoms with van der Waals surface area (Å²) in [6.07, 6.45) is 6.27. The topological polar surface area (TPSA) is 44.4 Å². The summed E-state index contributed by atoms with van der Waals surface area (Å²) in [7, 11) is 1.96. The Hall–Kier alpha value is -1.05. The molecule has 2 atom stereocenters. The van der Waals surface area contributed by atoms with E-state index in [2.05, 4.69) is 21.5 Å². The number of carbonyl (C=O) groups is 1. The molecule has 1 saturated heterocycles. The van der Waals surface area contributed by atoms with Gasteiger partial charge >= 0.3 is 0 Å². The molecular formula is C12H21N3O. The van der Waals surface area contributed by atoms with Crippen molar-refractivity contribution in [3.05, 3.63) is 0 Å². The zero-order chi connectivity index (χ0) is 12.0. The summed E-state index contributed by atoms with van der Waals surface area (Å²) in [5, 5.41) is 5.90. The molecular weight excluding hydrogens is 202 g/mol. The van der Waals surface area contributed by atoms with Crippen LogP contribution in [-0.4, -0.2) is 50.1 Å². The van der Waals surface area contributed by atoms with Crippen LogP contribution in [0.5, 0.6) is 0 Å². The zero-order valence-corrected chi connectivity index (χ0v) is 10.1. The molecule has 2 N–H and O–H groups in total. The number of likely N-dealkylation sites (tertiary alicyclic amines) is 1. The van der Waals surface area contributed by atoms with Crippen LogP contribution in [0.2, 0.25) is 0 Å². The molecule has 16 heavy (non-hydrogen) atoms. The summed E-state index contributed by atoms with van der Waals surface area (Å²) in [5.41, 5.74) is 0. The van der Waals surface area contributed by atoms with Crippen LogP contribution in [0.15, 0.2) is 0 Å². The number of amides is 1. The van der Waals surface area contributed by atoms with Gasteiger partial charge in [0.05, 0.1) is 12.6 Å². The number of hydrogen-bond donors (Lipinski definition) is 2. The molecule has 0 radical (unpaired) electrons. The van der Waals surface area contributed by atoms with Crippen molar-refractivity contribution in [2.75, 3.05) is 33.2 Å². The van der Waals surface area contributed by atoms with E-state index >= 15 is 0 Å². The van der Waals surface area contributed by atoms with Gasteiger partial charge in [-0.3, -0.25) is 9.69 Å². The first-order valence-corrected chi connectivity index (χ1v) is 5.78. The number of hydrogen-bond acceptors (Lipinski definition) is 3. The van der Waals surface area contributed by atoms with Crippen molar-refractivity contribution in [3.8, 4) is 12.3 Å². The van der Waals surface area contributed by atoms with E-state index in [1.807, 2.05) is 14.0 Å². The Kier molecular flexibility index (Phi) is 5.30. The lowest BCUT2D eigenvalue weighted by Gasteiger charge is -2.23. The minimum atomic E-state index is -0.0739. The molecule has 1 fully saturated rings. The van der Waals surface area contributed by atoms with Gasteiger partial charge in [-0.05, 0) is 39.4 Å². The minimum Gasteiger partial charge on any atom is -0.344 e. The van der Waals surface area contributed by atoms with Gasteiger partial charge in [-0.1, -0.05) is 5.92 Å². The van der Waals surface area contributed by atoms with Crippen molar-refractivity contribution in [2.45, 2.75) is 19.4 Å². The monoisotopic (exact) mass is 223 g/mol. The molecule has 0 aromatic rings. The fourth-order valence-electron chi connectivity index (χ4n) is 2.12. The Morgan fingerprint density at radius 3 is 3.06 bits per heavy atom. The molecule has 0 saturated carbocycles. The van der Waals surface area contributed by atoms with Crippen LogP contribution < -0.4 is 10.6 Å². The fourth-order valence-corrected chi connectivity index (χ4v) is 2.12. The fraction of sp³-hybridized carbons (Fsp3) is 0.750. The molecule has 1 aliphatic rings. The summed E-state index contributed by atoms with van der Waals surface area (Å²) in [6, 6.07) is -0.0739. The highest BCUT2D eigenvalue weighted by Crippen LogP contribution is 2.17. The summed E-state index contributed by atoms with van der Waals surface area (Å²) in [5.74, 6) is 3.10. The smallest absolute Gasteiger partial charge is 0.237 e. The van der Waals surface area contributed by atoms with Crippen molar-refractivity contribution in [3.63, 3.8) is 0 Å². The van der Waals surface area contributed by atoms with Crippen LogP contribution in [0.3, 0.4) is 0 Å². The largest absolute Gasteiger partial charge is 0.344 e. The molecule has 4 heteroatoms. The van der Waals surface area contributed by atoms with Crippen molar-refractivity contribution in [1.82, 2.24) is 15.5 Å². The lowest BCUT2D eigenvalue weighted by molar-refractivity contribution is -0.125. The zero-order valence-electron chi connectivity index (χ0n) is 10.1. The van der Waals surface area contributed by atoms with Crippen LogP contribution in [-0.2, 0) is 4.79 Å². The van der Waals surface area contributed by atoms with E-state index in [4.69, 9.17) is 6.42 Å². The second kappa shape index (κ2) is 6.51. The quantitative estimate of drug-likeness (QED) is 0.627. The van der Waals surface area contributed by atoms with E-state index in [0.29, 0.717) is 12.5 Å². The highest BCUT2D eigenvalue weighted by atomic mass is 16.2. The predicted molar refractivity (Wildman–Crippen MR) is 64.9 cm³/mol. The maximum absolute atomic E-state index is 11.7. The van der Waals surface area contributed by atoms with Crippen LogP contribution in [0.4, 0.5) is 0 Å². The average molecular weight is 223 g/mol. The van der Waals surface area contributed by atoms with Crippen LogP contribution in [0, 0.1) is 18.3 Å². The van der Waals surface area contributed by atoms with Gasteiger partial charge in [0.25, 0.3) is 0 Å². The first kappa shape index (κ1) is 13.0. The van der Waals surface area contributed by atoms with Gasteiger partial charge in [-0.25, -0.2) is 0 Å². The predicted octanol–water partition coefficient (Wildman–Crippen LogP) is -0.334. The third-order valence-corrected chi connectivity index (χ3v) is 3.10. The van der Waals surface area contributed by atoms with Crippen molar-refractivity contribution >= 4 is 5.91 Å². The standard InChI is InChI=1S/C12H21N3O/c1-4-6-14-12(16)10(2)15-7-5-11(9-15)8-13-3/h1,10-11,13H,5-9H2,2-3H3,(H,14,16). The van der Waals surface area contributed by atoms with E-state index in [0.717, 1.165) is 26.1 Å².